The Balaban J connectivity index is 5.22. The normalized spacial score (nSPS) is 14.1. The Bertz CT molecular complexity index is 1800. The third-order valence-electron chi connectivity index (χ3n) is 17.2. The fourth-order valence-corrected chi connectivity index (χ4v) is 12.9. The minimum atomic E-state index is -4.96. The molecule has 0 saturated heterocycles. The van der Waals surface area contributed by atoms with Crippen LogP contribution < -0.4 is 0 Å². The fourth-order valence-electron chi connectivity index (χ4n) is 11.3. The number of carbonyl (C=O) groups excluding carboxylic acids is 4. The van der Waals surface area contributed by atoms with E-state index in [0.29, 0.717) is 25.7 Å². The van der Waals surface area contributed by atoms with Gasteiger partial charge < -0.3 is 33.8 Å². The topological polar surface area (TPSA) is 237 Å². The quantitative estimate of drug-likeness (QED) is 0.0222. The maximum atomic E-state index is 13.1. The van der Waals surface area contributed by atoms with Crippen LogP contribution in [-0.4, -0.2) is 96.7 Å². The molecule has 0 aliphatic carbocycles. The minimum absolute atomic E-state index is 0.107. The highest BCUT2D eigenvalue weighted by Gasteiger charge is 2.30. The third-order valence-corrected chi connectivity index (χ3v) is 19.1. The number of aliphatic hydroxyl groups is 1. The van der Waals surface area contributed by atoms with Crippen molar-refractivity contribution in [3.63, 3.8) is 0 Å². The first-order valence-corrected chi connectivity index (χ1v) is 41.5. The molecule has 19 heteroatoms. The number of carbonyl (C=O) groups is 4. The molecule has 0 spiro atoms. The van der Waals surface area contributed by atoms with Crippen molar-refractivity contribution in [3.05, 3.63) is 0 Å². The monoisotopic (exact) mass is 1370 g/mol. The van der Waals surface area contributed by atoms with Gasteiger partial charge in [-0.05, 0) is 37.5 Å². The van der Waals surface area contributed by atoms with E-state index in [1.54, 1.807) is 0 Å². The molecule has 0 bridgehead atoms. The molecule has 0 aliphatic heterocycles. The maximum Gasteiger partial charge on any atom is 0.472 e. The van der Waals surface area contributed by atoms with Crippen molar-refractivity contribution in [2.24, 2.45) is 11.8 Å². The summed E-state index contributed by atoms with van der Waals surface area (Å²) in [6.45, 7) is 9.60. The number of aliphatic hydroxyl groups excluding tert-OH is 1. The number of esters is 4. The zero-order valence-corrected chi connectivity index (χ0v) is 62.3. The van der Waals surface area contributed by atoms with Gasteiger partial charge >= 0.3 is 39.5 Å². The zero-order valence-electron chi connectivity index (χ0n) is 60.6. The second-order valence-corrected chi connectivity index (χ2v) is 30.5. The van der Waals surface area contributed by atoms with Gasteiger partial charge in [0, 0.05) is 25.7 Å². The number of rotatable bonds is 73. The average Bonchev–Trinajstić information content (AvgIpc) is 1.73. The van der Waals surface area contributed by atoms with Crippen LogP contribution in [0, 0.1) is 11.8 Å². The minimum Gasteiger partial charge on any atom is -0.462 e. The van der Waals surface area contributed by atoms with Crippen molar-refractivity contribution in [2.45, 2.75) is 400 Å². The van der Waals surface area contributed by atoms with E-state index in [4.69, 9.17) is 37.0 Å². The molecule has 0 aliphatic rings. The van der Waals surface area contributed by atoms with Gasteiger partial charge in [-0.25, -0.2) is 9.13 Å². The largest absolute Gasteiger partial charge is 0.472 e. The highest BCUT2D eigenvalue weighted by molar-refractivity contribution is 7.47. The van der Waals surface area contributed by atoms with E-state index in [0.717, 1.165) is 102 Å². The van der Waals surface area contributed by atoms with Crippen LogP contribution >= 0.6 is 15.6 Å². The van der Waals surface area contributed by atoms with Crippen molar-refractivity contribution in [1.29, 1.82) is 0 Å². The second-order valence-electron chi connectivity index (χ2n) is 27.6. The Hall–Kier alpha value is -1.94. The summed E-state index contributed by atoms with van der Waals surface area (Å²) in [7, 11) is -9.90. The summed E-state index contributed by atoms with van der Waals surface area (Å²) in [6, 6.07) is 0. The Morgan fingerprint density at radius 3 is 0.731 bits per heavy atom. The Morgan fingerprint density at radius 1 is 0.290 bits per heavy atom. The van der Waals surface area contributed by atoms with E-state index >= 15 is 0 Å². The predicted molar refractivity (Wildman–Crippen MR) is 377 cm³/mol. The molecule has 0 heterocycles. The van der Waals surface area contributed by atoms with Gasteiger partial charge in [-0.1, -0.05) is 330 Å². The number of hydrogen-bond acceptors (Lipinski definition) is 15. The molecule has 0 rings (SSSR count). The first-order valence-electron chi connectivity index (χ1n) is 38.5. The molecule has 17 nitrogen and oxygen atoms in total. The van der Waals surface area contributed by atoms with Crippen LogP contribution in [0.5, 0.6) is 0 Å². The molecule has 3 N–H and O–H groups in total. The molecule has 5 atom stereocenters. The van der Waals surface area contributed by atoms with Gasteiger partial charge in [0.15, 0.2) is 12.2 Å². The summed E-state index contributed by atoms with van der Waals surface area (Å²) >= 11 is 0. The van der Waals surface area contributed by atoms with Crippen molar-refractivity contribution < 1.29 is 80.2 Å². The number of ether oxygens (including phenoxy) is 4. The second kappa shape index (κ2) is 66.0. The molecule has 93 heavy (non-hydrogen) atoms. The smallest absolute Gasteiger partial charge is 0.462 e. The maximum absolute atomic E-state index is 13.1. The molecular formula is C74H144O17P2. The van der Waals surface area contributed by atoms with Crippen LogP contribution in [0.1, 0.15) is 382 Å². The lowest BCUT2D eigenvalue weighted by Crippen LogP contribution is -2.30. The molecule has 0 aromatic carbocycles. The summed E-state index contributed by atoms with van der Waals surface area (Å²) in [5.74, 6) is -0.534. The predicted octanol–water partition coefficient (Wildman–Crippen LogP) is 21.6. The number of phosphoric ester groups is 2. The molecule has 0 fully saturated rings. The van der Waals surface area contributed by atoms with Crippen LogP contribution in [0.2, 0.25) is 0 Å². The van der Waals surface area contributed by atoms with Gasteiger partial charge in [-0.15, -0.1) is 0 Å². The van der Waals surface area contributed by atoms with Gasteiger partial charge in [0.1, 0.15) is 19.3 Å². The fraction of sp³-hybridized carbons (Fsp3) is 0.946. The van der Waals surface area contributed by atoms with Crippen LogP contribution in [0.4, 0.5) is 0 Å². The SMILES string of the molecule is CCCCCCCCCCCCCC(=O)O[C@H](COC(=O)CCCCCCCCCCC)COP(=O)(O)OC[C@H](O)COP(=O)(O)OC[C@@H](COC(=O)CCCCCCCCCCCCCCC(C)C)OC(=O)CCCCCCCCCCCCCCCCCC(C)C. The van der Waals surface area contributed by atoms with E-state index in [1.807, 2.05) is 0 Å². The number of hydrogen-bond donors (Lipinski definition) is 3. The summed E-state index contributed by atoms with van der Waals surface area (Å²) in [6.07, 6.45) is 52.6. The Kier molecular flexibility index (Phi) is 64.6. The molecule has 0 saturated carbocycles. The van der Waals surface area contributed by atoms with Crippen molar-refractivity contribution in [3.8, 4) is 0 Å². The van der Waals surface area contributed by atoms with Gasteiger partial charge in [0.2, 0.25) is 0 Å². The zero-order chi connectivity index (χ0) is 68.6. The van der Waals surface area contributed by atoms with Gasteiger partial charge in [-0.2, -0.15) is 0 Å². The van der Waals surface area contributed by atoms with Crippen molar-refractivity contribution in [2.75, 3.05) is 39.6 Å². The lowest BCUT2D eigenvalue weighted by Gasteiger charge is -2.21. The molecule has 552 valence electrons. The highest BCUT2D eigenvalue weighted by Crippen LogP contribution is 2.45. The lowest BCUT2D eigenvalue weighted by molar-refractivity contribution is -0.161. The first-order chi connectivity index (χ1) is 44.9. The van der Waals surface area contributed by atoms with Crippen LogP contribution in [0.3, 0.4) is 0 Å². The standard InChI is InChI=1S/C74H144O17P2/c1-7-9-11-13-15-17-25-34-40-46-52-58-73(78)90-69(62-84-71(76)56-50-44-38-30-16-14-12-10-8-2)64-88-92(80,81)86-60-68(75)61-87-93(82,83)89-65-70(63-85-72(77)57-51-45-39-33-28-24-23-27-32-37-43-49-55-67(5)6)91-74(79)59-53-47-41-35-29-22-20-18-19-21-26-31-36-42-48-54-66(3)4/h66-70,75H,7-65H2,1-6H3,(H,80,81)(H,82,83)/t68-,69+,70+/m0/s1. The van der Waals surface area contributed by atoms with Gasteiger partial charge in [0.05, 0.1) is 26.4 Å². The molecule has 0 aromatic heterocycles. The van der Waals surface area contributed by atoms with E-state index < -0.39 is 97.5 Å². The molecule has 2 unspecified atom stereocenters. The number of unbranched alkanes of at least 4 members (excludes halogenated alkanes) is 43. The lowest BCUT2D eigenvalue weighted by atomic mass is 10.0. The summed E-state index contributed by atoms with van der Waals surface area (Å²) in [5, 5.41) is 10.6. The molecule has 0 aromatic rings. The molecular weight excluding hydrogens is 1220 g/mol. The van der Waals surface area contributed by atoms with E-state index in [2.05, 4.69) is 41.5 Å². The number of phosphoric acid groups is 2. The molecule has 0 amide bonds. The average molecular weight is 1370 g/mol. The van der Waals surface area contributed by atoms with E-state index in [9.17, 15) is 43.2 Å². The molecule has 0 radical (unpaired) electrons. The highest BCUT2D eigenvalue weighted by atomic mass is 31.2. The van der Waals surface area contributed by atoms with Crippen LogP contribution in [0.25, 0.3) is 0 Å². The van der Waals surface area contributed by atoms with Gasteiger partial charge in [-0.3, -0.25) is 37.3 Å². The Labute approximate surface area is 568 Å². The van der Waals surface area contributed by atoms with Crippen molar-refractivity contribution >= 4 is 39.5 Å². The Morgan fingerprint density at radius 2 is 0.495 bits per heavy atom. The van der Waals surface area contributed by atoms with E-state index in [-0.39, 0.29) is 25.7 Å². The summed E-state index contributed by atoms with van der Waals surface area (Å²) in [4.78, 5) is 72.7. The van der Waals surface area contributed by atoms with Crippen molar-refractivity contribution in [1.82, 2.24) is 0 Å². The van der Waals surface area contributed by atoms with Gasteiger partial charge in [0.25, 0.3) is 0 Å². The third kappa shape index (κ3) is 68.4. The van der Waals surface area contributed by atoms with Crippen LogP contribution in [0.15, 0.2) is 0 Å². The first kappa shape index (κ1) is 91.1. The van der Waals surface area contributed by atoms with Crippen LogP contribution in [-0.2, 0) is 65.4 Å². The summed E-state index contributed by atoms with van der Waals surface area (Å²) in [5.41, 5.74) is 0. The van der Waals surface area contributed by atoms with E-state index in [1.165, 1.54) is 199 Å². The summed E-state index contributed by atoms with van der Waals surface area (Å²) < 4.78 is 68.4.